The zero-order valence-electron chi connectivity index (χ0n) is 11.5. The molecule has 2 rings (SSSR count). The Kier molecular flexibility index (Phi) is 4.02. The van der Waals surface area contributed by atoms with Gasteiger partial charge in [0.1, 0.15) is 0 Å². The predicted octanol–water partition coefficient (Wildman–Crippen LogP) is 4.03. The molecule has 0 bridgehead atoms. The van der Waals surface area contributed by atoms with Gasteiger partial charge < -0.3 is 5.32 Å². The molecule has 1 N–H and O–H groups in total. The fourth-order valence-electron chi connectivity index (χ4n) is 2.34. The van der Waals surface area contributed by atoms with Gasteiger partial charge in [-0.15, -0.1) is 11.3 Å². The van der Waals surface area contributed by atoms with Crippen molar-refractivity contribution in [2.45, 2.75) is 34.1 Å². The number of hydrogen-bond donors (Lipinski definition) is 1. The summed E-state index contributed by atoms with van der Waals surface area (Å²) in [4.78, 5) is 5.56. The molecule has 1 heterocycles. The minimum Gasteiger partial charge on any atom is -0.361 e. The van der Waals surface area contributed by atoms with Crippen LogP contribution in [0.5, 0.6) is 0 Å². The van der Waals surface area contributed by atoms with Crippen LogP contribution < -0.4 is 5.32 Å². The van der Waals surface area contributed by atoms with E-state index in [1.807, 2.05) is 6.20 Å². The quantitative estimate of drug-likeness (QED) is 0.897. The first-order valence-corrected chi connectivity index (χ1v) is 7.11. The molecule has 0 fully saturated rings. The molecule has 0 unspecified atom stereocenters. The lowest BCUT2D eigenvalue weighted by atomic mass is 9.97. The largest absolute Gasteiger partial charge is 0.361 e. The van der Waals surface area contributed by atoms with Crippen LogP contribution >= 0.6 is 11.3 Å². The second kappa shape index (κ2) is 5.53. The molecule has 0 spiro atoms. The SMILES string of the molecule is Cc1cc(C)c(CCNc2ncc(C)s2)c(C)c1. The summed E-state index contributed by atoms with van der Waals surface area (Å²) in [5.41, 5.74) is 5.59. The summed E-state index contributed by atoms with van der Waals surface area (Å²) >= 11 is 1.71. The summed E-state index contributed by atoms with van der Waals surface area (Å²) in [7, 11) is 0. The standard InChI is InChI=1S/C15H20N2S/c1-10-7-11(2)14(12(3)8-10)5-6-16-15-17-9-13(4)18-15/h7-9H,5-6H2,1-4H3,(H,16,17). The molecule has 2 aromatic rings. The Morgan fingerprint density at radius 1 is 1.11 bits per heavy atom. The summed E-state index contributed by atoms with van der Waals surface area (Å²) in [5, 5.41) is 4.41. The van der Waals surface area contributed by atoms with Crippen molar-refractivity contribution < 1.29 is 0 Å². The van der Waals surface area contributed by atoms with E-state index in [1.165, 1.54) is 27.1 Å². The van der Waals surface area contributed by atoms with Crippen LogP contribution in [-0.2, 0) is 6.42 Å². The van der Waals surface area contributed by atoms with E-state index in [0.29, 0.717) is 0 Å². The molecule has 96 valence electrons. The molecule has 0 amide bonds. The van der Waals surface area contributed by atoms with E-state index in [-0.39, 0.29) is 0 Å². The van der Waals surface area contributed by atoms with E-state index in [1.54, 1.807) is 11.3 Å². The highest BCUT2D eigenvalue weighted by atomic mass is 32.1. The summed E-state index contributed by atoms with van der Waals surface area (Å²) in [6, 6.07) is 4.52. The Balaban J connectivity index is 1.98. The number of rotatable bonds is 4. The zero-order valence-corrected chi connectivity index (χ0v) is 12.3. The average molecular weight is 260 g/mol. The van der Waals surface area contributed by atoms with Gasteiger partial charge in [0.2, 0.25) is 0 Å². The second-order valence-electron chi connectivity index (χ2n) is 4.83. The average Bonchev–Trinajstić information content (AvgIpc) is 2.68. The van der Waals surface area contributed by atoms with Crippen LogP contribution in [0.15, 0.2) is 18.3 Å². The van der Waals surface area contributed by atoms with Crippen LogP contribution in [0, 0.1) is 27.7 Å². The van der Waals surface area contributed by atoms with Gasteiger partial charge >= 0.3 is 0 Å². The van der Waals surface area contributed by atoms with E-state index < -0.39 is 0 Å². The molecule has 0 saturated carbocycles. The molecule has 3 heteroatoms. The maximum Gasteiger partial charge on any atom is 0.182 e. The van der Waals surface area contributed by atoms with Gasteiger partial charge in [0.05, 0.1) is 0 Å². The van der Waals surface area contributed by atoms with Gasteiger partial charge in [-0.2, -0.15) is 0 Å². The van der Waals surface area contributed by atoms with Gasteiger partial charge in [0, 0.05) is 17.6 Å². The predicted molar refractivity (Wildman–Crippen MR) is 79.7 cm³/mol. The molecule has 0 aliphatic carbocycles. The molecule has 2 nitrogen and oxygen atoms in total. The van der Waals surface area contributed by atoms with Crippen molar-refractivity contribution in [3.63, 3.8) is 0 Å². The summed E-state index contributed by atoms with van der Waals surface area (Å²) in [6.07, 6.45) is 2.96. The first-order valence-electron chi connectivity index (χ1n) is 6.29. The van der Waals surface area contributed by atoms with E-state index in [4.69, 9.17) is 0 Å². The van der Waals surface area contributed by atoms with Gasteiger partial charge in [0.25, 0.3) is 0 Å². The van der Waals surface area contributed by atoms with Crippen molar-refractivity contribution in [2.75, 3.05) is 11.9 Å². The topological polar surface area (TPSA) is 24.9 Å². The minimum absolute atomic E-state index is 0.942. The number of hydrogen-bond acceptors (Lipinski definition) is 3. The van der Waals surface area contributed by atoms with Gasteiger partial charge in [-0.3, -0.25) is 0 Å². The van der Waals surface area contributed by atoms with Gasteiger partial charge in [0.15, 0.2) is 5.13 Å². The molecule has 18 heavy (non-hydrogen) atoms. The van der Waals surface area contributed by atoms with E-state index in [2.05, 4.69) is 50.1 Å². The number of benzene rings is 1. The monoisotopic (exact) mass is 260 g/mol. The number of nitrogens with one attached hydrogen (secondary N) is 1. The highest BCUT2D eigenvalue weighted by molar-refractivity contribution is 7.15. The van der Waals surface area contributed by atoms with Crippen LogP contribution in [-0.4, -0.2) is 11.5 Å². The maximum absolute atomic E-state index is 4.31. The van der Waals surface area contributed by atoms with Crippen molar-refractivity contribution in [3.05, 3.63) is 45.5 Å². The Morgan fingerprint density at radius 3 is 2.33 bits per heavy atom. The first kappa shape index (κ1) is 13.1. The van der Waals surface area contributed by atoms with E-state index in [9.17, 15) is 0 Å². The van der Waals surface area contributed by atoms with Crippen molar-refractivity contribution in [1.29, 1.82) is 0 Å². The molecular formula is C15H20N2S. The second-order valence-corrected chi connectivity index (χ2v) is 6.06. The Labute approximate surface area is 113 Å². The minimum atomic E-state index is 0.942. The highest BCUT2D eigenvalue weighted by Gasteiger charge is 2.04. The molecule has 0 aliphatic rings. The zero-order chi connectivity index (χ0) is 13.1. The van der Waals surface area contributed by atoms with Crippen molar-refractivity contribution in [1.82, 2.24) is 4.98 Å². The molecule has 1 aromatic carbocycles. The van der Waals surface area contributed by atoms with Crippen molar-refractivity contribution >= 4 is 16.5 Å². The lowest BCUT2D eigenvalue weighted by Crippen LogP contribution is -2.07. The lowest BCUT2D eigenvalue weighted by Gasteiger charge is -2.11. The van der Waals surface area contributed by atoms with E-state index >= 15 is 0 Å². The Hall–Kier alpha value is -1.35. The molecule has 0 saturated heterocycles. The van der Waals surface area contributed by atoms with Crippen LogP contribution in [0.25, 0.3) is 0 Å². The third-order valence-electron chi connectivity index (χ3n) is 3.11. The fraction of sp³-hybridized carbons (Fsp3) is 0.400. The number of thiazole rings is 1. The lowest BCUT2D eigenvalue weighted by molar-refractivity contribution is 0.984. The molecule has 0 radical (unpaired) electrons. The van der Waals surface area contributed by atoms with Crippen molar-refractivity contribution in [3.8, 4) is 0 Å². The summed E-state index contributed by atoms with van der Waals surface area (Å²) in [5.74, 6) is 0. The summed E-state index contributed by atoms with van der Waals surface area (Å²) < 4.78 is 0. The number of aryl methyl sites for hydroxylation is 4. The Bertz CT molecular complexity index is 520. The molecule has 0 aliphatic heterocycles. The molecular weight excluding hydrogens is 240 g/mol. The van der Waals surface area contributed by atoms with Gasteiger partial charge in [-0.25, -0.2) is 4.98 Å². The summed E-state index contributed by atoms with van der Waals surface area (Å²) in [6.45, 7) is 9.57. The number of nitrogens with zero attached hydrogens (tertiary/aromatic N) is 1. The van der Waals surface area contributed by atoms with Gasteiger partial charge in [-0.05, 0) is 50.8 Å². The smallest absolute Gasteiger partial charge is 0.182 e. The molecule has 0 atom stereocenters. The van der Waals surface area contributed by atoms with Crippen LogP contribution in [0.4, 0.5) is 5.13 Å². The number of aromatic nitrogens is 1. The first-order chi connectivity index (χ1) is 8.56. The third-order valence-corrected chi connectivity index (χ3v) is 3.98. The molecule has 1 aromatic heterocycles. The van der Waals surface area contributed by atoms with Crippen LogP contribution in [0.1, 0.15) is 27.1 Å². The maximum atomic E-state index is 4.31. The fourth-order valence-corrected chi connectivity index (χ4v) is 3.03. The van der Waals surface area contributed by atoms with Crippen molar-refractivity contribution in [2.24, 2.45) is 0 Å². The third kappa shape index (κ3) is 3.10. The number of anilines is 1. The van der Waals surface area contributed by atoms with E-state index in [0.717, 1.165) is 18.1 Å². The van der Waals surface area contributed by atoms with Crippen LogP contribution in [0.3, 0.4) is 0 Å². The highest BCUT2D eigenvalue weighted by Crippen LogP contribution is 2.19. The normalized spacial score (nSPS) is 10.7. The van der Waals surface area contributed by atoms with Gasteiger partial charge in [-0.1, -0.05) is 17.7 Å². The van der Waals surface area contributed by atoms with Crippen LogP contribution in [0.2, 0.25) is 0 Å². The Morgan fingerprint density at radius 2 is 1.78 bits per heavy atom.